The van der Waals surface area contributed by atoms with Crippen LogP contribution >= 0.6 is 0 Å². The first kappa shape index (κ1) is 13.4. The van der Waals surface area contributed by atoms with Crippen LogP contribution in [-0.2, 0) is 0 Å². The summed E-state index contributed by atoms with van der Waals surface area (Å²) in [7, 11) is 0. The van der Waals surface area contributed by atoms with Crippen molar-refractivity contribution in [2.75, 3.05) is 11.1 Å². The standard InChI is InChI=1S/C13H20N2O2/c1-5-13(3,4)15-9-6-8(2)11(14)10(7-9)12(16)17/h6-7,15H,5,14H2,1-4H3,(H,16,17). The van der Waals surface area contributed by atoms with Crippen molar-refractivity contribution in [1.29, 1.82) is 0 Å². The molecule has 0 spiro atoms. The molecule has 0 amide bonds. The Hall–Kier alpha value is -1.71. The number of benzene rings is 1. The number of anilines is 2. The molecule has 0 saturated heterocycles. The van der Waals surface area contributed by atoms with Crippen LogP contribution in [0, 0.1) is 6.92 Å². The van der Waals surface area contributed by atoms with Gasteiger partial charge >= 0.3 is 5.97 Å². The Morgan fingerprint density at radius 1 is 1.47 bits per heavy atom. The zero-order valence-corrected chi connectivity index (χ0v) is 10.8. The molecule has 4 heteroatoms. The van der Waals surface area contributed by atoms with Gasteiger partial charge in [0.15, 0.2) is 0 Å². The van der Waals surface area contributed by atoms with Gasteiger partial charge in [-0.2, -0.15) is 0 Å². The molecule has 0 aliphatic rings. The summed E-state index contributed by atoms with van der Waals surface area (Å²) in [5.41, 5.74) is 7.72. The zero-order chi connectivity index (χ0) is 13.2. The normalized spacial score (nSPS) is 11.3. The van der Waals surface area contributed by atoms with Gasteiger partial charge in [0.25, 0.3) is 0 Å². The van der Waals surface area contributed by atoms with E-state index in [2.05, 4.69) is 26.1 Å². The molecule has 1 aromatic rings. The third-order valence-corrected chi connectivity index (χ3v) is 2.98. The van der Waals surface area contributed by atoms with E-state index >= 15 is 0 Å². The van der Waals surface area contributed by atoms with Crippen LogP contribution < -0.4 is 11.1 Å². The maximum absolute atomic E-state index is 11.1. The molecule has 0 aliphatic heterocycles. The fraction of sp³-hybridized carbons (Fsp3) is 0.462. The second-order valence-corrected chi connectivity index (χ2v) is 4.92. The first-order chi connectivity index (χ1) is 7.76. The molecule has 94 valence electrons. The Morgan fingerprint density at radius 3 is 2.53 bits per heavy atom. The average Bonchev–Trinajstić information content (AvgIpc) is 2.22. The lowest BCUT2D eigenvalue weighted by atomic mass is 10.00. The van der Waals surface area contributed by atoms with Crippen molar-refractivity contribution >= 4 is 17.3 Å². The lowest BCUT2D eigenvalue weighted by Gasteiger charge is -2.26. The lowest BCUT2D eigenvalue weighted by Crippen LogP contribution is -2.29. The van der Waals surface area contributed by atoms with Gasteiger partial charge in [-0.15, -0.1) is 0 Å². The molecule has 0 unspecified atom stereocenters. The van der Waals surface area contributed by atoms with Crippen molar-refractivity contribution < 1.29 is 9.90 Å². The summed E-state index contributed by atoms with van der Waals surface area (Å²) in [6.45, 7) is 8.03. The molecule has 0 bridgehead atoms. The van der Waals surface area contributed by atoms with Crippen LogP contribution in [0.4, 0.5) is 11.4 Å². The summed E-state index contributed by atoms with van der Waals surface area (Å²) in [4.78, 5) is 11.1. The van der Waals surface area contributed by atoms with Crippen LogP contribution in [0.2, 0.25) is 0 Å². The highest BCUT2D eigenvalue weighted by Crippen LogP contribution is 2.25. The highest BCUT2D eigenvalue weighted by Gasteiger charge is 2.17. The van der Waals surface area contributed by atoms with Crippen molar-refractivity contribution in [2.45, 2.75) is 39.7 Å². The summed E-state index contributed by atoms with van der Waals surface area (Å²) >= 11 is 0. The predicted molar refractivity (Wildman–Crippen MR) is 70.5 cm³/mol. The molecule has 4 nitrogen and oxygen atoms in total. The van der Waals surface area contributed by atoms with Gasteiger partial charge in [-0.1, -0.05) is 6.92 Å². The number of hydrogen-bond donors (Lipinski definition) is 3. The van der Waals surface area contributed by atoms with Crippen LogP contribution in [0.1, 0.15) is 43.1 Å². The van der Waals surface area contributed by atoms with Gasteiger partial charge in [0.2, 0.25) is 0 Å². The van der Waals surface area contributed by atoms with E-state index in [-0.39, 0.29) is 11.1 Å². The van der Waals surface area contributed by atoms with Gasteiger partial charge in [0.1, 0.15) is 0 Å². The highest BCUT2D eigenvalue weighted by atomic mass is 16.4. The monoisotopic (exact) mass is 236 g/mol. The van der Waals surface area contributed by atoms with Gasteiger partial charge in [0, 0.05) is 16.9 Å². The third kappa shape index (κ3) is 3.12. The van der Waals surface area contributed by atoms with E-state index in [0.29, 0.717) is 5.69 Å². The minimum Gasteiger partial charge on any atom is -0.478 e. The van der Waals surface area contributed by atoms with Crippen LogP contribution in [0.15, 0.2) is 12.1 Å². The van der Waals surface area contributed by atoms with Gasteiger partial charge < -0.3 is 16.2 Å². The van der Waals surface area contributed by atoms with Crippen LogP contribution in [0.25, 0.3) is 0 Å². The van der Waals surface area contributed by atoms with E-state index < -0.39 is 5.97 Å². The summed E-state index contributed by atoms with van der Waals surface area (Å²) in [5.74, 6) is -0.997. The van der Waals surface area contributed by atoms with E-state index in [4.69, 9.17) is 10.8 Å². The second kappa shape index (κ2) is 4.65. The quantitative estimate of drug-likeness (QED) is 0.703. The van der Waals surface area contributed by atoms with Gasteiger partial charge in [0.05, 0.1) is 5.56 Å². The number of nitrogens with two attached hydrogens (primary N) is 1. The van der Waals surface area contributed by atoms with Crippen molar-refractivity contribution in [1.82, 2.24) is 0 Å². The zero-order valence-electron chi connectivity index (χ0n) is 10.8. The van der Waals surface area contributed by atoms with E-state index in [1.807, 2.05) is 13.0 Å². The third-order valence-electron chi connectivity index (χ3n) is 2.98. The molecule has 0 radical (unpaired) electrons. The predicted octanol–water partition coefficient (Wildman–Crippen LogP) is 2.88. The van der Waals surface area contributed by atoms with Crippen molar-refractivity contribution in [2.24, 2.45) is 0 Å². The minimum atomic E-state index is -0.997. The van der Waals surface area contributed by atoms with Crippen LogP contribution in [0.5, 0.6) is 0 Å². The molecule has 1 aromatic carbocycles. The summed E-state index contributed by atoms with van der Waals surface area (Å²) in [6.07, 6.45) is 0.943. The minimum absolute atomic E-state index is 0.0711. The molecule has 4 N–H and O–H groups in total. The van der Waals surface area contributed by atoms with Crippen molar-refractivity contribution in [3.05, 3.63) is 23.3 Å². The number of hydrogen-bond acceptors (Lipinski definition) is 3. The number of aromatic carboxylic acids is 1. The number of carboxylic acid groups (broad SMARTS) is 1. The molecule has 17 heavy (non-hydrogen) atoms. The average molecular weight is 236 g/mol. The molecule has 0 heterocycles. The molecule has 0 saturated carbocycles. The van der Waals surface area contributed by atoms with E-state index in [0.717, 1.165) is 17.7 Å². The van der Waals surface area contributed by atoms with Crippen LogP contribution in [-0.4, -0.2) is 16.6 Å². The molecular weight excluding hydrogens is 216 g/mol. The first-order valence-corrected chi connectivity index (χ1v) is 5.68. The first-order valence-electron chi connectivity index (χ1n) is 5.68. The van der Waals surface area contributed by atoms with Crippen LogP contribution in [0.3, 0.4) is 0 Å². The number of nitrogen functional groups attached to an aromatic ring is 1. The van der Waals surface area contributed by atoms with Crippen molar-refractivity contribution in [3.63, 3.8) is 0 Å². The number of rotatable bonds is 4. The largest absolute Gasteiger partial charge is 0.478 e. The molecule has 1 rings (SSSR count). The lowest BCUT2D eigenvalue weighted by molar-refractivity contribution is 0.0698. The highest BCUT2D eigenvalue weighted by molar-refractivity contribution is 5.95. The van der Waals surface area contributed by atoms with Gasteiger partial charge in [-0.25, -0.2) is 4.79 Å². The Morgan fingerprint density at radius 2 is 2.06 bits per heavy atom. The Balaban J connectivity index is 3.15. The topological polar surface area (TPSA) is 75.3 Å². The molecular formula is C13H20N2O2. The van der Waals surface area contributed by atoms with Gasteiger partial charge in [-0.3, -0.25) is 0 Å². The fourth-order valence-corrected chi connectivity index (χ4v) is 1.53. The van der Waals surface area contributed by atoms with Crippen molar-refractivity contribution in [3.8, 4) is 0 Å². The second-order valence-electron chi connectivity index (χ2n) is 4.92. The Labute approximate surface area is 102 Å². The smallest absolute Gasteiger partial charge is 0.337 e. The number of aryl methyl sites for hydroxylation is 1. The van der Waals surface area contributed by atoms with E-state index in [1.54, 1.807) is 6.07 Å². The summed E-state index contributed by atoms with van der Waals surface area (Å²) in [6, 6.07) is 3.46. The maximum atomic E-state index is 11.1. The van der Waals surface area contributed by atoms with E-state index in [9.17, 15) is 4.79 Å². The van der Waals surface area contributed by atoms with Gasteiger partial charge in [-0.05, 0) is 44.9 Å². The molecule has 0 aromatic heterocycles. The number of carbonyl (C=O) groups is 1. The summed E-state index contributed by atoms with van der Waals surface area (Å²) in [5, 5.41) is 12.4. The Bertz CT molecular complexity index is 439. The molecule has 0 atom stereocenters. The SMILES string of the molecule is CCC(C)(C)Nc1cc(C)c(N)c(C(=O)O)c1. The van der Waals surface area contributed by atoms with E-state index in [1.165, 1.54) is 0 Å². The molecule has 0 aliphatic carbocycles. The number of carboxylic acids is 1. The summed E-state index contributed by atoms with van der Waals surface area (Å²) < 4.78 is 0. The molecule has 0 fully saturated rings. The Kier molecular flexibility index (Phi) is 3.66. The number of nitrogens with one attached hydrogen (secondary N) is 1. The maximum Gasteiger partial charge on any atom is 0.337 e. The fourth-order valence-electron chi connectivity index (χ4n) is 1.53.